The van der Waals surface area contributed by atoms with Crippen molar-refractivity contribution in [2.75, 3.05) is 18.8 Å². The Morgan fingerprint density at radius 2 is 1.77 bits per heavy atom. The number of carbonyl (C=O) groups is 1. The standard InChI is InChI=1S/C27H32FN5OS/c1-19-5-7-20(8-6-19)26(21-9-10-21)29-25(34)18-35-27-31-30-24(17-32-15-3-2-4-16-32)33(27)23-13-11-22(28)12-14-23/h5-8,11-14,21,26H,2-4,9-10,15-18H2,1H3,(H,29,34). The Balaban J connectivity index is 1.30. The molecule has 1 unspecified atom stereocenters. The number of nitrogens with zero attached hydrogens (tertiary/aromatic N) is 4. The zero-order valence-corrected chi connectivity index (χ0v) is 20.9. The van der Waals surface area contributed by atoms with Crippen LogP contribution in [0.25, 0.3) is 5.69 Å². The highest BCUT2D eigenvalue weighted by molar-refractivity contribution is 7.99. The number of rotatable bonds is 9. The van der Waals surface area contributed by atoms with E-state index >= 15 is 0 Å². The van der Waals surface area contributed by atoms with Gasteiger partial charge in [0.25, 0.3) is 0 Å². The molecule has 1 amide bonds. The second-order valence-corrected chi connectivity index (χ2v) is 10.6. The normalized spacial score (nSPS) is 17.3. The molecule has 1 saturated heterocycles. The first-order chi connectivity index (χ1) is 17.1. The Morgan fingerprint density at radius 1 is 1.06 bits per heavy atom. The van der Waals surface area contributed by atoms with Crippen LogP contribution in [0.4, 0.5) is 4.39 Å². The highest BCUT2D eigenvalue weighted by Gasteiger charge is 2.33. The van der Waals surface area contributed by atoms with Crippen LogP contribution < -0.4 is 5.32 Å². The maximum atomic E-state index is 13.6. The first-order valence-electron chi connectivity index (χ1n) is 12.5. The van der Waals surface area contributed by atoms with E-state index in [1.807, 2.05) is 4.57 Å². The summed E-state index contributed by atoms with van der Waals surface area (Å²) in [6.45, 7) is 4.85. The Morgan fingerprint density at radius 3 is 2.46 bits per heavy atom. The second-order valence-electron chi connectivity index (χ2n) is 9.63. The number of likely N-dealkylation sites (tertiary alicyclic amines) is 1. The van der Waals surface area contributed by atoms with Gasteiger partial charge in [0.05, 0.1) is 18.3 Å². The van der Waals surface area contributed by atoms with E-state index in [0.29, 0.717) is 17.6 Å². The molecule has 2 aliphatic rings. The Hall–Kier alpha value is -2.71. The first kappa shape index (κ1) is 24.0. The molecule has 1 aromatic heterocycles. The monoisotopic (exact) mass is 493 g/mol. The molecule has 184 valence electrons. The van der Waals surface area contributed by atoms with Gasteiger partial charge in [-0.2, -0.15) is 0 Å². The van der Waals surface area contributed by atoms with Gasteiger partial charge in [-0.25, -0.2) is 4.39 Å². The zero-order valence-electron chi connectivity index (χ0n) is 20.1. The van der Waals surface area contributed by atoms with Crippen molar-refractivity contribution in [1.82, 2.24) is 25.0 Å². The highest BCUT2D eigenvalue weighted by Crippen LogP contribution is 2.41. The van der Waals surface area contributed by atoms with Crippen LogP contribution >= 0.6 is 11.8 Å². The maximum absolute atomic E-state index is 13.6. The van der Waals surface area contributed by atoms with Gasteiger partial charge < -0.3 is 5.32 Å². The fourth-order valence-corrected chi connectivity index (χ4v) is 5.47. The van der Waals surface area contributed by atoms with E-state index in [4.69, 9.17) is 0 Å². The van der Waals surface area contributed by atoms with E-state index in [-0.39, 0.29) is 23.5 Å². The van der Waals surface area contributed by atoms with Gasteiger partial charge >= 0.3 is 0 Å². The minimum atomic E-state index is -0.282. The van der Waals surface area contributed by atoms with Crippen LogP contribution in [0.3, 0.4) is 0 Å². The summed E-state index contributed by atoms with van der Waals surface area (Å²) in [7, 11) is 0. The number of benzene rings is 2. The summed E-state index contributed by atoms with van der Waals surface area (Å²) in [5.74, 6) is 1.27. The molecule has 6 nitrogen and oxygen atoms in total. The zero-order chi connectivity index (χ0) is 24.2. The number of aromatic nitrogens is 3. The summed E-state index contributed by atoms with van der Waals surface area (Å²) in [6, 6.07) is 14.8. The Bertz CT molecular complexity index is 1140. The summed E-state index contributed by atoms with van der Waals surface area (Å²) in [5, 5.41) is 12.8. The van der Waals surface area contributed by atoms with Crippen molar-refractivity contribution in [3.05, 3.63) is 71.3 Å². The number of aryl methyl sites for hydroxylation is 1. The molecule has 8 heteroatoms. The molecule has 5 rings (SSSR count). The molecule has 2 heterocycles. The van der Waals surface area contributed by atoms with Gasteiger partial charge in [-0.05, 0) is 81.4 Å². The molecule has 2 fully saturated rings. The highest BCUT2D eigenvalue weighted by atomic mass is 32.2. The number of hydrogen-bond donors (Lipinski definition) is 1. The number of hydrogen-bond acceptors (Lipinski definition) is 5. The summed E-state index contributed by atoms with van der Waals surface area (Å²) < 4.78 is 15.6. The average molecular weight is 494 g/mol. The van der Waals surface area contributed by atoms with Crippen LogP contribution in [-0.4, -0.2) is 44.4 Å². The SMILES string of the molecule is Cc1ccc(C(NC(=O)CSc2nnc(CN3CCCCC3)n2-c2ccc(F)cc2)C2CC2)cc1. The van der Waals surface area contributed by atoms with E-state index in [9.17, 15) is 9.18 Å². The Kier molecular flexibility index (Phi) is 7.48. The van der Waals surface area contributed by atoms with Crippen molar-refractivity contribution in [2.24, 2.45) is 5.92 Å². The van der Waals surface area contributed by atoms with Gasteiger partial charge in [-0.3, -0.25) is 14.3 Å². The molecule has 1 N–H and O–H groups in total. The molecular formula is C27H32FN5OS. The third-order valence-electron chi connectivity index (χ3n) is 6.78. The molecule has 35 heavy (non-hydrogen) atoms. The largest absolute Gasteiger partial charge is 0.348 e. The predicted molar refractivity (Wildman–Crippen MR) is 136 cm³/mol. The van der Waals surface area contributed by atoms with Crippen LogP contribution in [0.2, 0.25) is 0 Å². The smallest absolute Gasteiger partial charge is 0.230 e. The maximum Gasteiger partial charge on any atom is 0.230 e. The number of carbonyl (C=O) groups excluding carboxylic acids is 1. The number of nitrogens with one attached hydrogen (secondary N) is 1. The van der Waals surface area contributed by atoms with Crippen molar-refractivity contribution >= 4 is 17.7 Å². The molecule has 2 aromatic carbocycles. The van der Waals surface area contributed by atoms with E-state index in [1.54, 1.807) is 12.1 Å². The molecule has 1 atom stereocenters. The van der Waals surface area contributed by atoms with Gasteiger partial charge in [-0.1, -0.05) is 48.0 Å². The lowest BCUT2D eigenvalue weighted by molar-refractivity contribution is -0.119. The van der Waals surface area contributed by atoms with Crippen LogP contribution in [-0.2, 0) is 11.3 Å². The van der Waals surface area contributed by atoms with E-state index in [2.05, 4.69) is 51.6 Å². The lowest BCUT2D eigenvalue weighted by Crippen LogP contribution is -2.31. The van der Waals surface area contributed by atoms with Crippen LogP contribution in [0, 0.1) is 18.7 Å². The summed E-state index contributed by atoms with van der Waals surface area (Å²) in [4.78, 5) is 15.4. The van der Waals surface area contributed by atoms with E-state index in [0.717, 1.165) is 43.0 Å². The van der Waals surface area contributed by atoms with Crippen molar-refractivity contribution in [2.45, 2.75) is 56.8 Å². The van der Waals surface area contributed by atoms with Crippen molar-refractivity contribution < 1.29 is 9.18 Å². The van der Waals surface area contributed by atoms with Gasteiger partial charge in [0.15, 0.2) is 11.0 Å². The van der Waals surface area contributed by atoms with Crippen molar-refractivity contribution in [3.63, 3.8) is 0 Å². The summed E-state index contributed by atoms with van der Waals surface area (Å²) in [6.07, 6.45) is 5.93. The number of halogens is 1. The summed E-state index contributed by atoms with van der Waals surface area (Å²) >= 11 is 1.37. The van der Waals surface area contributed by atoms with Gasteiger partial charge in [-0.15, -0.1) is 10.2 Å². The molecule has 0 bridgehead atoms. The molecule has 1 aliphatic heterocycles. The fraction of sp³-hybridized carbons (Fsp3) is 0.444. The minimum absolute atomic E-state index is 0.0151. The third-order valence-corrected chi connectivity index (χ3v) is 7.71. The van der Waals surface area contributed by atoms with E-state index < -0.39 is 0 Å². The molecular weight excluding hydrogens is 461 g/mol. The summed E-state index contributed by atoms with van der Waals surface area (Å²) in [5.41, 5.74) is 3.18. The quantitative estimate of drug-likeness (QED) is 0.422. The fourth-order valence-electron chi connectivity index (χ4n) is 4.69. The minimum Gasteiger partial charge on any atom is -0.348 e. The molecule has 0 spiro atoms. The van der Waals surface area contributed by atoms with E-state index in [1.165, 1.54) is 48.7 Å². The van der Waals surface area contributed by atoms with Crippen LogP contribution in [0.15, 0.2) is 53.7 Å². The lowest BCUT2D eigenvalue weighted by atomic mass is 10.0. The topological polar surface area (TPSA) is 63.1 Å². The van der Waals surface area contributed by atoms with Gasteiger partial charge in [0.1, 0.15) is 5.82 Å². The van der Waals surface area contributed by atoms with Crippen LogP contribution in [0.1, 0.15) is 55.1 Å². The van der Waals surface area contributed by atoms with Crippen molar-refractivity contribution in [3.8, 4) is 5.69 Å². The molecule has 1 aliphatic carbocycles. The second kappa shape index (κ2) is 10.9. The van der Waals surface area contributed by atoms with Crippen LogP contribution in [0.5, 0.6) is 0 Å². The first-order valence-corrected chi connectivity index (χ1v) is 13.5. The average Bonchev–Trinajstić information content (AvgIpc) is 3.64. The number of thioether (sulfide) groups is 1. The number of piperidine rings is 1. The van der Waals surface area contributed by atoms with Crippen molar-refractivity contribution in [1.29, 1.82) is 0 Å². The van der Waals surface area contributed by atoms with Gasteiger partial charge in [0.2, 0.25) is 5.91 Å². The molecule has 1 saturated carbocycles. The molecule has 0 radical (unpaired) electrons. The number of amides is 1. The van der Waals surface area contributed by atoms with Gasteiger partial charge in [0, 0.05) is 5.69 Å². The third kappa shape index (κ3) is 6.11. The predicted octanol–water partition coefficient (Wildman–Crippen LogP) is 5.06. The molecule has 3 aromatic rings. The Labute approximate surface area is 210 Å². The lowest BCUT2D eigenvalue weighted by Gasteiger charge is -2.26.